The molecule has 0 aromatic rings. The molecule has 1 aliphatic carbocycles. The molecule has 2 aliphatic rings. The largest absolute Gasteiger partial charge is 0.372 e. The van der Waals surface area contributed by atoms with Crippen molar-refractivity contribution in [2.75, 3.05) is 6.67 Å². The van der Waals surface area contributed by atoms with E-state index in [0.717, 1.165) is 12.6 Å². The van der Waals surface area contributed by atoms with Gasteiger partial charge in [-0.25, -0.2) is 0 Å². The number of fused-ring (bicyclic) bond motifs is 1. The summed E-state index contributed by atoms with van der Waals surface area (Å²) in [5, 5.41) is 3.16. The van der Waals surface area contributed by atoms with E-state index in [1.807, 2.05) is 0 Å². The highest BCUT2D eigenvalue weighted by molar-refractivity contribution is 6.01. The lowest BCUT2D eigenvalue weighted by molar-refractivity contribution is 0.565. The van der Waals surface area contributed by atoms with Crippen LogP contribution in [0.25, 0.3) is 0 Å². The highest BCUT2D eigenvalue weighted by Gasteiger charge is 2.21. The molecular formula is C9H14N2. The fourth-order valence-electron chi connectivity index (χ4n) is 1.85. The van der Waals surface area contributed by atoms with Gasteiger partial charge in [0.05, 0.1) is 0 Å². The van der Waals surface area contributed by atoms with E-state index in [-0.39, 0.29) is 0 Å². The van der Waals surface area contributed by atoms with E-state index in [1.165, 1.54) is 30.5 Å². The van der Waals surface area contributed by atoms with Crippen molar-refractivity contribution in [3.8, 4) is 0 Å². The van der Waals surface area contributed by atoms with Gasteiger partial charge in [0.1, 0.15) is 6.67 Å². The van der Waals surface area contributed by atoms with Gasteiger partial charge < -0.3 is 5.32 Å². The summed E-state index contributed by atoms with van der Waals surface area (Å²) in [4.78, 5) is 4.44. The van der Waals surface area contributed by atoms with E-state index in [2.05, 4.69) is 23.4 Å². The Morgan fingerprint density at radius 1 is 1.64 bits per heavy atom. The fraction of sp³-hybridized carbons (Fsp3) is 0.667. The summed E-state index contributed by atoms with van der Waals surface area (Å²) in [5.41, 5.74) is 2.80. The topological polar surface area (TPSA) is 24.4 Å². The maximum atomic E-state index is 4.44. The zero-order chi connectivity index (χ0) is 7.68. The third kappa shape index (κ3) is 1.17. The normalized spacial score (nSPS) is 29.7. The van der Waals surface area contributed by atoms with E-state index in [1.54, 1.807) is 0 Å². The van der Waals surface area contributed by atoms with Crippen molar-refractivity contribution < 1.29 is 0 Å². The Labute approximate surface area is 67.4 Å². The molecule has 1 aliphatic heterocycles. The molecule has 2 nitrogen and oxygen atoms in total. The van der Waals surface area contributed by atoms with Crippen molar-refractivity contribution in [3.05, 3.63) is 11.8 Å². The molecule has 0 spiro atoms. The monoisotopic (exact) mass is 150 g/mol. The van der Waals surface area contributed by atoms with Crippen LogP contribution in [0.5, 0.6) is 0 Å². The number of rotatable bonds is 0. The average Bonchev–Trinajstić information content (AvgIpc) is 2.06. The van der Waals surface area contributed by atoms with Crippen LogP contribution >= 0.6 is 0 Å². The molecule has 1 heterocycles. The second-order valence-electron chi connectivity index (χ2n) is 3.36. The van der Waals surface area contributed by atoms with Gasteiger partial charge in [-0.3, -0.25) is 4.99 Å². The quantitative estimate of drug-likeness (QED) is 0.558. The lowest BCUT2D eigenvalue weighted by Gasteiger charge is -2.26. The Morgan fingerprint density at radius 2 is 2.55 bits per heavy atom. The van der Waals surface area contributed by atoms with E-state index in [0.29, 0.717) is 0 Å². The molecular weight excluding hydrogens is 136 g/mol. The minimum Gasteiger partial charge on any atom is -0.372 e. The van der Waals surface area contributed by atoms with Crippen molar-refractivity contribution >= 4 is 5.71 Å². The van der Waals surface area contributed by atoms with Gasteiger partial charge in [0, 0.05) is 11.9 Å². The smallest absolute Gasteiger partial charge is 0.107 e. The zero-order valence-electron chi connectivity index (χ0n) is 6.93. The van der Waals surface area contributed by atoms with Gasteiger partial charge in [-0.15, -0.1) is 0 Å². The van der Waals surface area contributed by atoms with Gasteiger partial charge in [0.25, 0.3) is 0 Å². The van der Waals surface area contributed by atoms with Crippen LogP contribution in [0, 0.1) is 5.92 Å². The molecule has 0 aromatic heterocycles. The zero-order valence-corrected chi connectivity index (χ0v) is 6.93. The second-order valence-corrected chi connectivity index (χ2v) is 3.36. The molecule has 0 unspecified atom stereocenters. The van der Waals surface area contributed by atoms with Crippen molar-refractivity contribution in [2.24, 2.45) is 10.9 Å². The molecule has 1 saturated carbocycles. The van der Waals surface area contributed by atoms with Crippen LogP contribution in [-0.2, 0) is 0 Å². The van der Waals surface area contributed by atoms with Crippen molar-refractivity contribution in [3.63, 3.8) is 0 Å². The first-order chi connectivity index (χ1) is 5.38. The Bertz CT molecular complexity index is 216. The number of hydrogen-bond donors (Lipinski definition) is 1. The summed E-state index contributed by atoms with van der Waals surface area (Å²) < 4.78 is 0. The Morgan fingerprint density at radius 3 is 3.36 bits per heavy atom. The summed E-state index contributed by atoms with van der Waals surface area (Å²) in [6.45, 7) is 3.07. The van der Waals surface area contributed by atoms with E-state index < -0.39 is 0 Å². The van der Waals surface area contributed by atoms with Crippen molar-refractivity contribution in [1.29, 1.82) is 0 Å². The average molecular weight is 150 g/mol. The maximum Gasteiger partial charge on any atom is 0.107 e. The lowest BCUT2D eigenvalue weighted by Crippen LogP contribution is -2.25. The van der Waals surface area contributed by atoms with Gasteiger partial charge in [-0.1, -0.05) is 6.92 Å². The Balaban J connectivity index is 2.24. The molecule has 2 heteroatoms. The minimum atomic E-state index is 0.718. The van der Waals surface area contributed by atoms with Crippen LogP contribution in [0.2, 0.25) is 0 Å². The molecule has 1 N–H and O–H groups in total. The summed E-state index contributed by atoms with van der Waals surface area (Å²) >= 11 is 0. The molecule has 0 bridgehead atoms. The number of nitrogens with one attached hydrogen (secondary N) is 1. The van der Waals surface area contributed by atoms with Gasteiger partial charge in [0.15, 0.2) is 0 Å². The summed E-state index contributed by atoms with van der Waals surface area (Å²) in [5.74, 6) is 0.718. The van der Waals surface area contributed by atoms with Crippen LogP contribution in [-0.4, -0.2) is 12.4 Å². The van der Waals surface area contributed by atoms with Crippen LogP contribution in [0.15, 0.2) is 16.8 Å². The SMILES string of the molecule is C[C@@H]1CCCC2=NCNC=C21. The highest BCUT2D eigenvalue weighted by Crippen LogP contribution is 2.27. The first-order valence-corrected chi connectivity index (χ1v) is 4.35. The first kappa shape index (κ1) is 6.89. The number of allylic oxidation sites excluding steroid dienone is 1. The highest BCUT2D eigenvalue weighted by atomic mass is 15.0. The predicted octanol–water partition coefficient (Wildman–Crippen LogP) is 1.69. The standard InChI is InChI=1S/C9H14N2/c1-7-3-2-4-9-8(7)5-10-6-11-9/h5,7,10H,2-4,6H2,1H3/t7-/m1/s1. The second kappa shape index (κ2) is 2.68. The molecule has 0 saturated heterocycles. The van der Waals surface area contributed by atoms with Gasteiger partial charge >= 0.3 is 0 Å². The third-order valence-electron chi connectivity index (χ3n) is 2.53. The first-order valence-electron chi connectivity index (χ1n) is 4.35. The summed E-state index contributed by atoms with van der Waals surface area (Å²) in [7, 11) is 0. The fourth-order valence-corrected chi connectivity index (χ4v) is 1.85. The molecule has 11 heavy (non-hydrogen) atoms. The van der Waals surface area contributed by atoms with Crippen molar-refractivity contribution in [1.82, 2.24) is 5.32 Å². The summed E-state index contributed by atoms with van der Waals surface area (Å²) in [6, 6.07) is 0. The third-order valence-corrected chi connectivity index (χ3v) is 2.53. The predicted molar refractivity (Wildman–Crippen MR) is 46.5 cm³/mol. The molecule has 60 valence electrons. The van der Waals surface area contributed by atoms with Crippen LogP contribution in [0.1, 0.15) is 26.2 Å². The van der Waals surface area contributed by atoms with E-state index in [4.69, 9.17) is 0 Å². The van der Waals surface area contributed by atoms with Gasteiger partial charge in [-0.05, 0) is 30.8 Å². The van der Waals surface area contributed by atoms with Gasteiger partial charge in [0.2, 0.25) is 0 Å². The van der Waals surface area contributed by atoms with Crippen molar-refractivity contribution in [2.45, 2.75) is 26.2 Å². The molecule has 0 aromatic carbocycles. The van der Waals surface area contributed by atoms with Crippen LogP contribution in [0.4, 0.5) is 0 Å². The van der Waals surface area contributed by atoms with E-state index in [9.17, 15) is 0 Å². The molecule has 1 fully saturated rings. The van der Waals surface area contributed by atoms with Crippen LogP contribution in [0.3, 0.4) is 0 Å². The van der Waals surface area contributed by atoms with Gasteiger partial charge in [-0.2, -0.15) is 0 Å². The molecule has 2 rings (SSSR count). The molecule has 0 radical (unpaired) electrons. The van der Waals surface area contributed by atoms with Crippen LogP contribution < -0.4 is 5.32 Å². The number of hydrogen-bond acceptors (Lipinski definition) is 2. The number of nitrogens with zero attached hydrogens (tertiary/aromatic N) is 1. The minimum absolute atomic E-state index is 0.718. The Kier molecular flexibility index (Phi) is 1.68. The summed E-state index contributed by atoms with van der Waals surface area (Å²) in [6.07, 6.45) is 5.98. The lowest BCUT2D eigenvalue weighted by atomic mass is 9.84. The maximum absolute atomic E-state index is 4.44. The molecule has 1 atom stereocenters. The Hall–Kier alpha value is -0.790. The molecule has 0 amide bonds. The van der Waals surface area contributed by atoms with E-state index >= 15 is 0 Å². The number of aliphatic imine (C=N–C) groups is 1.